The number of rotatable bonds is 6. The van der Waals surface area contributed by atoms with Crippen molar-refractivity contribution in [2.24, 2.45) is 0 Å². The van der Waals surface area contributed by atoms with Gasteiger partial charge in [0, 0.05) is 17.8 Å². The standard InChI is InChI=1S/C19H13F4NO4/c1-26-11-4-2-3-10(7-11)24-19(25)15-6-5-12(28-15)9-27-18-16(22)13(20)8-14(21)17(18)23/h2-8H,9H2,1H3,(H,24,25). The molecule has 0 bridgehead atoms. The Morgan fingerprint density at radius 2 is 1.75 bits per heavy atom. The minimum absolute atomic E-state index is 0.0132. The lowest BCUT2D eigenvalue weighted by Gasteiger charge is -2.08. The quantitative estimate of drug-likeness (QED) is 0.487. The van der Waals surface area contributed by atoms with E-state index in [1.54, 1.807) is 24.3 Å². The maximum Gasteiger partial charge on any atom is 0.291 e. The molecule has 3 aromatic rings. The summed E-state index contributed by atoms with van der Waals surface area (Å²) in [7, 11) is 1.48. The van der Waals surface area contributed by atoms with Crippen LogP contribution in [0.3, 0.4) is 0 Å². The second kappa shape index (κ2) is 8.03. The zero-order chi connectivity index (χ0) is 20.3. The molecule has 0 atom stereocenters. The number of methoxy groups -OCH3 is 1. The van der Waals surface area contributed by atoms with Crippen LogP contribution in [0.1, 0.15) is 16.3 Å². The Hall–Kier alpha value is -3.49. The van der Waals surface area contributed by atoms with Crippen LogP contribution in [-0.2, 0) is 6.61 Å². The molecule has 28 heavy (non-hydrogen) atoms. The second-order valence-corrected chi connectivity index (χ2v) is 5.54. The molecule has 0 radical (unpaired) electrons. The van der Waals surface area contributed by atoms with E-state index in [1.165, 1.54) is 19.2 Å². The molecule has 5 nitrogen and oxygen atoms in total. The van der Waals surface area contributed by atoms with Gasteiger partial charge in [0.2, 0.25) is 11.6 Å². The highest BCUT2D eigenvalue weighted by molar-refractivity contribution is 6.02. The molecule has 0 spiro atoms. The fourth-order valence-corrected chi connectivity index (χ4v) is 2.29. The predicted octanol–water partition coefficient (Wildman–Crippen LogP) is 4.68. The van der Waals surface area contributed by atoms with Gasteiger partial charge in [0.1, 0.15) is 18.1 Å². The van der Waals surface area contributed by atoms with Gasteiger partial charge in [-0.25, -0.2) is 8.78 Å². The molecule has 0 fully saturated rings. The van der Waals surface area contributed by atoms with Gasteiger partial charge in [-0.3, -0.25) is 4.79 Å². The number of benzene rings is 2. The SMILES string of the molecule is COc1cccc(NC(=O)c2ccc(COc3c(F)c(F)cc(F)c3F)o2)c1. The van der Waals surface area contributed by atoms with Crippen molar-refractivity contribution >= 4 is 11.6 Å². The molecule has 0 saturated heterocycles. The van der Waals surface area contributed by atoms with E-state index >= 15 is 0 Å². The molecular weight excluding hydrogens is 382 g/mol. The third-order valence-corrected chi connectivity index (χ3v) is 3.64. The Balaban J connectivity index is 1.68. The van der Waals surface area contributed by atoms with E-state index in [9.17, 15) is 22.4 Å². The van der Waals surface area contributed by atoms with E-state index in [0.29, 0.717) is 11.4 Å². The van der Waals surface area contributed by atoms with Crippen LogP contribution in [0.25, 0.3) is 0 Å². The third-order valence-electron chi connectivity index (χ3n) is 3.64. The Labute approximate surface area is 156 Å². The van der Waals surface area contributed by atoms with E-state index in [1.807, 2.05) is 0 Å². The molecule has 0 aliphatic heterocycles. The summed E-state index contributed by atoms with van der Waals surface area (Å²) in [5.74, 6) is -7.86. The summed E-state index contributed by atoms with van der Waals surface area (Å²) >= 11 is 0. The summed E-state index contributed by atoms with van der Waals surface area (Å²) < 4.78 is 68.6. The second-order valence-electron chi connectivity index (χ2n) is 5.54. The summed E-state index contributed by atoms with van der Waals surface area (Å²) in [6, 6.07) is 9.32. The Morgan fingerprint density at radius 1 is 1.04 bits per heavy atom. The van der Waals surface area contributed by atoms with E-state index in [4.69, 9.17) is 13.9 Å². The van der Waals surface area contributed by atoms with Gasteiger partial charge in [0.05, 0.1) is 7.11 Å². The number of carbonyl (C=O) groups excluding carboxylic acids is 1. The maximum absolute atomic E-state index is 13.6. The van der Waals surface area contributed by atoms with Gasteiger partial charge in [0.15, 0.2) is 23.1 Å². The molecule has 1 N–H and O–H groups in total. The smallest absolute Gasteiger partial charge is 0.291 e. The topological polar surface area (TPSA) is 60.7 Å². The lowest BCUT2D eigenvalue weighted by Crippen LogP contribution is -2.10. The van der Waals surface area contributed by atoms with Crippen molar-refractivity contribution < 1.29 is 36.2 Å². The van der Waals surface area contributed by atoms with Gasteiger partial charge in [-0.2, -0.15) is 8.78 Å². The van der Waals surface area contributed by atoms with Crippen molar-refractivity contribution in [3.05, 3.63) is 77.3 Å². The third kappa shape index (κ3) is 4.08. The molecule has 2 aromatic carbocycles. The van der Waals surface area contributed by atoms with Crippen molar-refractivity contribution in [3.63, 3.8) is 0 Å². The van der Waals surface area contributed by atoms with E-state index in [2.05, 4.69) is 5.32 Å². The van der Waals surface area contributed by atoms with Crippen LogP contribution in [-0.4, -0.2) is 13.0 Å². The average molecular weight is 395 g/mol. The number of anilines is 1. The van der Waals surface area contributed by atoms with Gasteiger partial charge in [-0.15, -0.1) is 0 Å². The molecular formula is C19H13F4NO4. The fraction of sp³-hybridized carbons (Fsp3) is 0.105. The first kappa shape index (κ1) is 19.3. The fourth-order valence-electron chi connectivity index (χ4n) is 2.29. The highest BCUT2D eigenvalue weighted by Crippen LogP contribution is 2.27. The first-order valence-corrected chi connectivity index (χ1v) is 7.89. The Bertz CT molecular complexity index is 993. The highest BCUT2D eigenvalue weighted by atomic mass is 19.2. The van der Waals surface area contributed by atoms with Crippen LogP contribution < -0.4 is 14.8 Å². The minimum atomic E-state index is -1.67. The van der Waals surface area contributed by atoms with Gasteiger partial charge in [-0.1, -0.05) is 6.07 Å². The molecule has 0 unspecified atom stereocenters. The summed E-state index contributed by atoms with van der Waals surface area (Å²) in [4.78, 5) is 12.2. The number of nitrogens with one attached hydrogen (secondary N) is 1. The number of furan rings is 1. The number of carbonyl (C=O) groups is 1. The summed E-state index contributed by atoms with van der Waals surface area (Å²) in [5.41, 5.74) is 0.456. The normalized spacial score (nSPS) is 10.6. The van der Waals surface area contributed by atoms with Crippen LogP contribution in [0.4, 0.5) is 23.2 Å². The van der Waals surface area contributed by atoms with E-state index < -0.39 is 41.5 Å². The number of halogens is 4. The predicted molar refractivity (Wildman–Crippen MR) is 90.3 cm³/mol. The van der Waals surface area contributed by atoms with Crippen LogP contribution in [0.15, 0.2) is 46.9 Å². The molecule has 3 rings (SSSR count). The van der Waals surface area contributed by atoms with Gasteiger partial charge in [0.25, 0.3) is 5.91 Å². The first-order chi connectivity index (χ1) is 13.4. The van der Waals surface area contributed by atoms with Crippen LogP contribution >= 0.6 is 0 Å². The van der Waals surface area contributed by atoms with Crippen LogP contribution in [0, 0.1) is 23.3 Å². The van der Waals surface area contributed by atoms with E-state index in [0.717, 1.165) is 0 Å². The highest BCUT2D eigenvalue weighted by Gasteiger charge is 2.21. The summed E-state index contributed by atoms with van der Waals surface area (Å²) in [6.07, 6.45) is 0. The lowest BCUT2D eigenvalue weighted by molar-refractivity contribution is 0.0992. The first-order valence-electron chi connectivity index (χ1n) is 7.89. The molecule has 1 aromatic heterocycles. The van der Waals surface area contributed by atoms with E-state index in [-0.39, 0.29) is 17.6 Å². The van der Waals surface area contributed by atoms with Crippen molar-refractivity contribution in [1.29, 1.82) is 0 Å². The van der Waals surface area contributed by atoms with Crippen LogP contribution in [0.5, 0.6) is 11.5 Å². The Kier molecular flexibility index (Phi) is 5.53. The van der Waals surface area contributed by atoms with Gasteiger partial charge >= 0.3 is 0 Å². The zero-order valence-electron chi connectivity index (χ0n) is 14.4. The molecule has 0 saturated carbocycles. The number of amides is 1. The molecule has 146 valence electrons. The maximum atomic E-state index is 13.6. The monoisotopic (exact) mass is 395 g/mol. The van der Waals surface area contributed by atoms with Crippen LogP contribution in [0.2, 0.25) is 0 Å². The molecule has 1 amide bonds. The molecule has 9 heteroatoms. The number of ether oxygens (including phenoxy) is 2. The van der Waals surface area contributed by atoms with Crippen molar-refractivity contribution in [3.8, 4) is 11.5 Å². The Morgan fingerprint density at radius 3 is 2.43 bits per heavy atom. The van der Waals surface area contributed by atoms with Gasteiger partial charge in [-0.05, 0) is 24.3 Å². The number of hydrogen-bond acceptors (Lipinski definition) is 4. The van der Waals surface area contributed by atoms with Crippen molar-refractivity contribution in [2.75, 3.05) is 12.4 Å². The van der Waals surface area contributed by atoms with Gasteiger partial charge < -0.3 is 19.2 Å². The zero-order valence-corrected chi connectivity index (χ0v) is 14.4. The molecule has 1 heterocycles. The molecule has 0 aliphatic rings. The minimum Gasteiger partial charge on any atom is -0.497 e. The number of hydrogen-bond donors (Lipinski definition) is 1. The lowest BCUT2D eigenvalue weighted by atomic mass is 10.3. The average Bonchev–Trinajstić information content (AvgIpc) is 3.16. The van der Waals surface area contributed by atoms with Crippen molar-refractivity contribution in [1.82, 2.24) is 0 Å². The summed E-state index contributed by atoms with van der Waals surface area (Å²) in [5, 5.41) is 2.58. The van der Waals surface area contributed by atoms with Crippen molar-refractivity contribution in [2.45, 2.75) is 6.61 Å². The molecule has 0 aliphatic carbocycles. The summed E-state index contributed by atoms with van der Waals surface area (Å²) in [6.45, 7) is -0.552. The largest absolute Gasteiger partial charge is 0.497 e.